The summed E-state index contributed by atoms with van der Waals surface area (Å²) in [5.74, 6) is -1.36. The Morgan fingerprint density at radius 2 is 2.14 bits per heavy atom. The number of hydrogen-bond donors (Lipinski definition) is 0. The second-order valence-electron chi connectivity index (χ2n) is 2.27. The zero-order valence-corrected chi connectivity index (χ0v) is 9.31. The monoisotopic (exact) mass is 335 g/mol. The Bertz CT molecular complexity index is 385. The highest BCUT2D eigenvalue weighted by molar-refractivity contribution is 14.1. The van der Waals surface area contributed by atoms with E-state index in [2.05, 4.69) is 4.98 Å². The van der Waals surface area contributed by atoms with Crippen LogP contribution in [0.2, 0.25) is 0 Å². The minimum absolute atomic E-state index is 0.0864. The van der Waals surface area contributed by atoms with E-state index < -0.39 is 28.7 Å². The van der Waals surface area contributed by atoms with Crippen LogP contribution in [0.3, 0.4) is 0 Å². The maximum Gasteiger partial charge on any atom is 0.283 e. The Kier molecular flexibility index (Phi) is 3.71. The molecule has 0 aliphatic heterocycles. The fourth-order valence-corrected chi connectivity index (χ4v) is 1.51. The summed E-state index contributed by atoms with van der Waals surface area (Å²) in [6.45, 7) is 0. The van der Waals surface area contributed by atoms with Gasteiger partial charge in [0.2, 0.25) is 0 Å². The first-order valence-electron chi connectivity index (χ1n) is 3.27. The lowest BCUT2D eigenvalue weighted by Crippen LogP contribution is -2.05. The van der Waals surface area contributed by atoms with E-state index in [9.17, 15) is 18.0 Å². The molecule has 76 valence electrons. The summed E-state index contributed by atoms with van der Waals surface area (Å²) in [7, 11) is 0. The molecule has 2 nitrogen and oxygen atoms in total. The molecule has 0 radical (unpaired) electrons. The average molecular weight is 335 g/mol. The van der Waals surface area contributed by atoms with Gasteiger partial charge in [-0.2, -0.15) is 0 Å². The van der Waals surface area contributed by atoms with Crippen LogP contribution in [0.5, 0.6) is 0 Å². The molecule has 0 saturated heterocycles. The molecule has 0 spiro atoms. The average Bonchev–Trinajstić information content (AvgIpc) is 2.07. The first-order valence-corrected chi connectivity index (χ1v) is 4.73. The third-order valence-corrected chi connectivity index (χ3v) is 2.13. The van der Waals surface area contributed by atoms with Gasteiger partial charge in [-0.05, 0) is 40.3 Å². The van der Waals surface area contributed by atoms with Crippen molar-refractivity contribution in [3.05, 3.63) is 26.8 Å². The van der Waals surface area contributed by atoms with Crippen molar-refractivity contribution >= 4 is 39.4 Å². The molecule has 0 aromatic carbocycles. The summed E-state index contributed by atoms with van der Waals surface area (Å²) in [4.78, 5) is 13.9. The molecule has 0 fully saturated rings. The van der Waals surface area contributed by atoms with Crippen LogP contribution in [-0.4, -0.2) is 10.2 Å². The Labute approximate surface area is 95.6 Å². The molecule has 0 unspecified atom stereocenters. The zero-order chi connectivity index (χ0) is 10.9. The van der Waals surface area contributed by atoms with E-state index in [4.69, 9.17) is 11.6 Å². The van der Waals surface area contributed by atoms with Crippen LogP contribution in [-0.2, 0) is 0 Å². The van der Waals surface area contributed by atoms with Gasteiger partial charge < -0.3 is 0 Å². The Morgan fingerprint density at radius 3 is 2.57 bits per heavy atom. The molecule has 0 atom stereocenters. The molecule has 14 heavy (non-hydrogen) atoms. The number of pyridine rings is 1. The molecular weight excluding hydrogens is 333 g/mol. The van der Waals surface area contributed by atoms with Crippen LogP contribution < -0.4 is 0 Å². The summed E-state index contributed by atoms with van der Waals surface area (Å²) in [5, 5.41) is -1.12. The summed E-state index contributed by atoms with van der Waals surface area (Å²) >= 11 is 6.59. The number of alkyl halides is 2. The van der Waals surface area contributed by atoms with Gasteiger partial charge in [0.15, 0.2) is 5.82 Å². The van der Waals surface area contributed by atoms with Crippen molar-refractivity contribution in [2.24, 2.45) is 0 Å². The predicted octanol–water partition coefficient (Wildman–Crippen LogP) is 3.14. The number of nitrogens with zero attached hydrogens (tertiary/aromatic N) is 1. The number of carbonyl (C=O) groups excluding carboxylic acids is 1. The first kappa shape index (κ1) is 11.7. The molecule has 0 aliphatic rings. The fourth-order valence-electron chi connectivity index (χ4n) is 0.804. The van der Waals surface area contributed by atoms with Gasteiger partial charge in [-0.1, -0.05) is 0 Å². The summed E-state index contributed by atoms with van der Waals surface area (Å²) in [6.07, 6.45) is -3.07. The maximum atomic E-state index is 13.1. The lowest BCUT2D eigenvalue weighted by atomic mass is 10.2. The van der Waals surface area contributed by atoms with Crippen molar-refractivity contribution in [2.75, 3.05) is 0 Å². The van der Waals surface area contributed by atoms with Crippen molar-refractivity contribution < 1.29 is 18.0 Å². The number of rotatable bonds is 2. The van der Waals surface area contributed by atoms with Crippen molar-refractivity contribution in [1.82, 2.24) is 4.98 Å². The van der Waals surface area contributed by atoms with Crippen molar-refractivity contribution in [3.63, 3.8) is 0 Å². The molecule has 0 bridgehead atoms. The number of aromatic nitrogens is 1. The Hall–Kier alpha value is -0.370. The second kappa shape index (κ2) is 4.43. The Balaban J connectivity index is 3.40. The highest BCUT2D eigenvalue weighted by Crippen LogP contribution is 2.24. The highest BCUT2D eigenvalue weighted by Gasteiger charge is 2.22. The van der Waals surface area contributed by atoms with E-state index >= 15 is 0 Å². The number of hydrogen-bond acceptors (Lipinski definition) is 2. The summed E-state index contributed by atoms with van der Waals surface area (Å²) < 4.78 is 37.6. The zero-order valence-electron chi connectivity index (χ0n) is 6.40. The summed E-state index contributed by atoms with van der Waals surface area (Å²) in [5.41, 5.74) is -1.64. The Morgan fingerprint density at radius 1 is 1.57 bits per heavy atom. The van der Waals surface area contributed by atoms with Crippen LogP contribution in [0, 0.1) is 9.52 Å². The molecule has 1 heterocycles. The van der Waals surface area contributed by atoms with E-state index in [1.54, 1.807) is 22.6 Å². The smallest absolute Gasteiger partial charge is 0.275 e. The molecule has 0 aliphatic carbocycles. The van der Waals surface area contributed by atoms with Gasteiger partial charge in [0.1, 0.15) is 9.39 Å². The molecule has 7 heteroatoms. The molecule has 0 saturated carbocycles. The van der Waals surface area contributed by atoms with E-state index in [1.807, 2.05) is 0 Å². The minimum Gasteiger partial charge on any atom is -0.275 e. The molecule has 1 aromatic heterocycles. The SMILES string of the molecule is O=C(Cl)c1cc(I)nc(C(F)F)c1F. The molecule has 0 amide bonds. The molecule has 0 N–H and O–H groups in total. The van der Waals surface area contributed by atoms with E-state index in [0.717, 1.165) is 6.07 Å². The first-order chi connectivity index (χ1) is 6.43. The highest BCUT2D eigenvalue weighted by atomic mass is 127. The second-order valence-corrected chi connectivity index (χ2v) is 3.71. The van der Waals surface area contributed by atoms with Crippen molar-refractivity contribution in [1.29, 1.82) is 0 Å². The molecule has 1 rings (SSSR count). The van der Waals surface area contributed by atoms with Crippen LogP contribution >= 0.6 is 34.2 Å². The van der Waals surface area contributed by atoms with Crippen molar-refractivity contribution in [2.45, 2.75) is 6.43 Å². The van der Waals surface area contributed by atoms with E-state index in [-0.39, 0.29) is 3.70 Å². The van der Waals surface area contributed by atoms with Gasteiger partial charge in [0.05, 0.1) is 5.56 Å². The van der Waals surface area contributed by atoms with Gasteiger partial charge in [-0.15, -0.1) is 0 Å². The van der Waals surface area contributed by atoms with Gasteiger partial charge in [0, 0.05) is 0 Å². The van der Waals surface area contributed by atoms with Crippen LogP contribution in [0.25, 0.3) is 0 Å². The van der Waals surface area contributed by atoms with Crippen LogP contribution in [0.15, 0.2) is 6.07 Å². The van der Waals surface area contributed by atoms with Gasteiger partial charge in [0.25, 0.3) is 11.7 Å². The van der Waals surface area contributed by atoms with E-state index in [1.165, 1.54) is 0 Å². The van der Waals surface area contributed by atoms with Crippen LogP contribution in [0.1, 0.15) is 22.5 Å². The number of carbonyl (C=O) groups is 1. The fraction of sp³-hybridized carbons (Fsp3) is 0.143. The third kappa shape index (κ3) is 2.35. The minimum atomic E-state index is -3.07. The quantitative estimate of drug-likeness (QED) is 0.472. The van der Waals surface area contributed by atoms with Gasteiger partial charge in [-0.25, -0.2) is 18.2 Å². The van der Waals surface area contributed by atoms with Gasteiger partial charge >= 0.3 is 0 Å². The summed E-state index contributed by atoms with van der Waals surface area (Å²) in [6, 6.07) is 1.01. The maximum absolute atomic E-state index is 13.1. The van der Waals surface area contributed by atoms with Crippen molar-refractivity contribution in [3.8, 4) is 0 Å². The molecule has 1 aromatic rings. The standard InChI is InChI=1S/C7H2ClF3INO/c8-6(14)2-1-3(12)13-5(4(2)9)7(10)11/h1,7H. The van der Waals surface area contributed by atoms with E-state index in [0.29, 0.717) is 0 Å². The third-order valence-electron chi connectivity index (χ3n) is 1.37. The number of halogens is 5. The molecular formula is C7H2ClF3INO. The largest absolute Gasteiger partial charge is 0.283 e. The lowest BCUT2D eigenvalue weighted by molar-refractivity contribution is 0.107. The lowest BCUT2D eigenvalue weighted by Gasteiger charge is -2.04. The topological polar surface area (TPSA) is 30.0 Å². The van der Waals surface area contributed by atoms with Crippen LogP contribution in [0.4, 0.5) is 13.2 Å². The predicted molar refractivity (Wildman–Crippen MR) is 52.1 cm³/mol. The van der Waals surface area contributed by atoms with Gasteiger partial charge in [-0.3, -0.25) is 4.79 Å². The normalized spacial score (nSPS) is 10.7.